The fourth-order valence-electron chi connectivity index (χ4n) is 3.08. The van der Waals surface area contributed by atoms with Gasteiger partial charge in [-0.1, -0.05) is 20.8 Å². The molecule has 2 aliphatic heterocycles. The highest BCUT2D eigenvalue weighted by atomic mass is 28.4. The van der Waals surface area contributed by atoms with Gasteiger partial charge in [0.2, 0.25) is 5.91 Å². The first kappa shape index (κ1) is 17.0. The summed E-state index contributed by atoms with van der Waals surface area (Å²) in [6.45, 7) is 19.7. The van der Waals surface area contributed by atoms with E-state index in [2.05, 4.69) is 33.9 Å². The van der Waals surface area contributed by atoms with E-state index < -0.39 is 19.5 Å². The van der Waals surface area contributed by atoms with Gasteiger partial charge in [-0.15, -0.1) is 0 Å². The topological polar surface area (TPSA) is 38.8 Å². The quantitative estimate of drug-likeness (QED) is 0.734. The van der Waals surface area contributed by atoms with E-state index in [-0.39, 0.29) is 23.1 Å². The van der Waals surface area contributed by atoms with Crippen molar-refractivity contribution in [2.45, 2.75) is 84.5 Å². The minimum absolute atomic E-state index is 0.0385. The second-order valence-corrected chi connectivity index (χ2v) is 13.8. The van der Waals surface area contributed by atoms with Crippen molar-refractivity contribution in [1.82, 2.24) is 4.90 Å². The highest BCUT2D eigenvalue weighted by Gasteiger charge is 2.63. The number of ether oxygens (including phenoxy) is 1. The van der Waals surface area contributed by atoms with E-state index in [0.717, 1.165) is 0 Å². The van der Waals surface area contributed by atoms with Crippen molar-refractivity contribution in [3.63, 3.8) is 0 Å². The number of carbonyl (C=O) groups excluding carboxylic acids is 1. The molecule has 0 aromatic heterocycles. The SMILES string of the molecule is CC1(C)C(=O)N2[C@@H](COC2(C)C)[C@H]1O[Si](C)(C)C(C)(C)C. The summed E-state index contributed by atoms with van der Waals surface area (Å²) < 4.78 is 12.5. The molecule has 0 bridgehead atoms. The van der Waals surface area contributed by atoms with E-state index in [4.69, 9.17) is 9.16 Å². The van der Waals surface area contributed by atoms with Crippen LogP contribution in [0.2, 0.25) is 18.1 Å². The molecule has 0 aromatic rings. The lowest BCUT2D eigenvalue weighted by Gasteiger charge is -2.41. The van der Waals surface area contributed by atoms with Gasteiger partial charge in [-0.25, -0.2) is 0 Å². The Balaban J connectivity index is 2.34. The molecule has 1 amide bonds. The van der Waals surface area contributed by atoms with Crippen LogP contribution >= 0.6 is 0 Å². The predicted octanol–water partition coefficient (Wildman–Crippen LogP) is 3.38. The summed E-state index contributed by atoms with van der Waals surface area (Å²) in [6, 6.07) is 0.0385. The summed E-state index contributed by atoms with van der Waals surface area (Å²) in [6.07, 6.45) is -0.0901. The highest BCUT2D eigenvalue weighted by Crippen LogP contribution is 2.48. The molecule has 4 nitrogen and oxygen atoms in total. The van der Waals surface area contributed by atoms with E-state index in [1.165, 1.54) is 0 Å². The fraction of sp³-hybridized carbons (Fsp3) is 0.938. The zero-order valence-electron chi connectivity index (χ0n) is 15.0. The zero-order chi connectivity index (χ0) is 16.4. The number of hydrogen-bond donors (Lipinski definition) is 0. The number of carbonyl (C=O) groups is 1. The minimum Gasteiger partial charge on any atom is -0.411 e. The third-order valence-corrected chi connectivity index (χ3v) is 10.0. The summed E-state index contributed by atoms with van der Waals surface area (Å²) >= 11 is 0. The molecule has 2 atom stereocenters. The molecule has 0 spiro atoms. The van der Waals surface area contributed by atoms with Crippen LogP contribution in [0.1, 0.15) is 48.5 Å². The maximum Gasteiger partial charge on any atom is 0.233 e. The third kappa shape index (κ3) is 2.47. The van der Waals surface area contributed by atoms with Gasteiger partial charge < -0.3 is 14.1 Å². The summed E-state index contributed by atoms with van der Waals surface area (Å²) in [5, 5.41) is 0.133. The van der Waals surface area contributed by atoms with Crippen LogP contribution in [0.15, 0.2) is 0 Å². The normalized spacial score (nSPS) is 31.7. The molecular formula is C16H31NO3Si. The first-order chi connectivity index (χ1) is 9.22. The number of amides is 1. The molecule has 2 fully saturated rings. The van der Waals surface area contributed by atoms with Gasteiger partial charge in [0.15, 0.2) is 8.32 Å². The van der Waals surface area contributed by atoms with Crippen molar-refractivity contribution in [3.05, 3.63) is 0 Å². The summed E-state index contributed by atoms with van der Waals surface area (Å²) in [5.41, 5.74) is -1.01. The molecule has 2 heterocycles. The highest BCUT2D eigenvalue weighted by molar-refractivity contribution is 6.74. The maximum absolute atomic E-state index is 12.9. The van der Waals surface area contributed by atoms with E-state index >= 15 is 0 Å². The fourth-order valence-corrected chi connectivity index (χ4v) is 4.52. The van der Waals surface area contributed by atoms with Gasteiger partial charge in [0.05, 0.1) is 24.2 Å². The van der Waals surface area contributed by atoms with Gasteiger partial charge in [-0.3, -0.25) is 4.79 Å². The Morgan fingerprint density at radius 2 is 1.76 bits per heavy atom. The largest absolute Gasteiger partial charge is 0.411 e. The Labute approximate surface area is 130 Å². The van der Waals surface area contributed by atoms with Gasteiger partial charge in [-0.05, 0) is 45.8 Å². The Hall–Kier alpha value is -0.393. The third-order valence-electron chi connectivity index (χ3n) is 5.58. The van der Waals surface area contributed by atoms with Crippen LogP contribution in [-0.4, -0.2) is 43.6 Å². The monoisotopic (exact) mass is 313 g/mol. The van der Waals surface area contributed by atoms with Gasteiger partial charge in [-0.2, -0.15) is 0 Å². The average molecular weight is 314 g/mol. The van der Waals surface area contributed by atoms with E-state index in [1.807, 2.05) is 32.6 Å². The summed E-state index contributed by atoms with van der Waals surface area (Å²) in [5.74, 6) is 0.152. The molecule has 0 saturated carbocycles. The molecule has 0 radical (unpaired) electrons. The van der Waals surface area contributed by atoms with Crippen molar-refractivity contribution < 1.29 is 14.0 Å². The molecule has 0 unspecified atom stereocenters. The molecule has 5 heteroatoms. The molecule has 2 rings (SSSR count). The smallest absolute Gasteiger partial charge is 0.233 e. The van der Waals surface area contributed by atoms with Crippen LogP contribution in [0, 0.1) is 5.41 Å². The number of hydrogen-bond acceptors (Lipinski definition) is 3. The van der Waals surface area contributed by atoms with E-state index in [0.29, 0.717) is 6.61 Å². The molecule has 2 aliphatic rings. The lowest BCUT2D eigenvalue weighted by atomic mass is 9.87. The van der Waals surface area contributed by atoms with Crippen molar-refractivity contribution in [2.24, 2.45) is 5.41 Å². The molecule has 0 aliphatic carbocycles. The number of rotatable bonds is 2. The van der Waals surface area contributed by atoms with Crippen LogP contribution in [0.25, 0.3) is 0 Å². The number of nitrogens with zero attached hydrogens (tertiary/aromatic N) is 1. The number of fused-ring (bicyclic) bond motifs is 1. The standard InChI is InChI=1S/C16H31NO3Si/c1-14(2,3)21(8,9)20-12-11-10-19-16(6,7)17(11)13(18)15(12,4)5/h11-12H,10H2,1-9H3/t11-,12+/m0/s1. The van der Waals surface area contributed by atoms with Crippen molar-refractivity contribution >= 4 is 14.2 Å². The van der Waals surface area contributed by atoms with Crippen molar-refractivity contribution in [2.75, 3.05) is 6.61 Å². The van der Waals surface area contributed by atoms with Crippen LogP contribution in [-0.2, 0) is 14.0 Å². The van der Waals surface area contributed by atoms with Crippen molar-refractivity contribution in [3.8, 4) is 0 Å². The molecule has 0 aromatic carbocycles. The van der Waals surface area contributed by atoms with E-state index in [1.54, 1.807) is 0 Å². The Kier molecular flexibility index (Phi) is 3.68. The van der Waals surface area contributed by atoms with Crippen LogP contribution in [0.5, 0.6) is 0 Å². The second kappa shape index (κ2) is 4.55. The van der Waals surface area contributed by atoms with Gasteiger partial charge in [0, 0.05) is 0 Å². The molecule has 2 saturated heterocycles. The average Bonchev–Trinajstić information content (AvgIpc) is 2.67. The minimum atomic E-state index is -1.93. The lowest BCUT2D eigenvalue weighted by Crippen LogP contribution is -2.50. The molecule has 21 heavy (non-hydrogen) atoms. The molecule has 0 N–H and O–H groups in total. The predicted molar refractivity (Wildman–Crippen MR) is 86.5 cm³/mol. The van der Waals surface area contributed by atoms with Crippen LogP contribution < -0.4 is 0 Å². The first-order valence-electron chi connectivity index (χ1n) is 7.87. The van der Waals surface area contributed by atoms with Crippen molar-refractivity contribution in [1.29, 1.82) is 0 Å². The Morgan fingerprint density at radius 1 is 1.24 bits per heavy atom. The molecular weight excluding hydrogens is 282 g/mol. The van der Waals surface area contributed by atoms with Gasteiger partial charge in [0.1, 0.15) is 5.72 Å². The Bertz CT molecular complexity index is 451. The van der Waals surface area contributed by atoms with Gasteiger partial charge >= 0.3 is 0 Å². The maximum atomic E-state index is 12.9. The van der Waals surface area contributed by atoms with Crippen LogP contribution in [0.3, 0.4) is 0 Å². The van der Waals surface area contributed by atoms with E-state index in [9.17, 15) is 4.79 Å². The summed E-state index contributed by atoms with van der Waals surface area (Å²) in [7, 11) is -1.93. The zero-order valence-corrected chi connectivity index (χ0v) is 16.0. The Morgan fingerprint density at radius 3 is 2.24 bits per heavy atom. The van der Waals surface area contributed by atoms with Gasteiger partial charge in [0.25, 0.3) is 0 Å². The second-order valence-electron chi connectivity index (χ2n) is 9.02. The molecule has 122 valence electrons. The first-order valence-corrected chi connectivity index (χ1v) is 10.8. The van der Waals surface area contributed by atoms with Crippen LogP contribution in [0.4, 0.5) is 0 Å². The summed E-state index contributed by atoms with van der Waals surface area (Å²) in [4.78, 5) is 14.8. The lowest BCUT2D eigenvalue weighted by molar-refractivity contribution is -0.149.